The molecule has 4 rings (SSSR count). The van der Waals surface area contributed by atoms with Gasteiger partial charge in [-0.1, -0.05) is 6.07 Å². The molecule has 0 radical (unpaired) electrons. The lowest BCUT2D eigenvalue weighted by atomic mass is 9.76. The molecule has 1 atom stereocenters. The SMILES string of the molecule is COCC1CC2(CCN(C(=O)C3CC3)CC2)CN1Cc1cccnc1.O=C(O)C(F)(F)F.O=C(O)C(F)(F)F. The van der Waals surface area contributed by atoms with Gasteiger partial charge in [-0.25, -0.2) is 9.59 Å². The summed E-state index contributed by atoms with van der Waals surface area (Å²) < 4.78 is 69.0. The Bertz CT molecular complexity index is 939. The van der Waals surface area contributed by atoms with Crippen LogP contribution < -0.4 is 0 Å². The van der Waals surface area contributed by atoms with Crippen LogP contribution in [0.4, 0.5) is 26.3 Å². The number of alkyl halides is 6. The number of methoxy groups -OCH3 is 1. The van der Waals surface area contributed by atoms with Gasteiger partial charge in [0.05, 0.1) is 6.61 Å². The quantitative estimate of drug-likeness (QED) is 0.515. The van der Waals surface area contributed by atoms with Crippen LogP contribution in [0.3, 0.4) is 0 Å². The van der Waals surface area contributed by atoms with Crippen LogP contribution in [0.2, 0.25) is 0 Å². The Hall–Kier alpha value is -2.94. The third-order valence-electron chi connectivity index (χ3n) is 6.74. The Morgan fingerprint density at radius 2 is 1.59 bits per heavy atom. The van der Waals surface area contributed by atoms with Gasteiger partial charge in [0.25, 0.3) is 0 Å². The van der Waals surface area contributed by atoms with Gasteiger partial charge in [-0.15, -0.1) is 0 Å². The molecule has 2 N–H and O–H groups in total. The van der Waals surface area contributed by atoms with E-state index in [0.717, 1.165) is 58.5 Å². The van der Waals surface area contributed by atoms with Crippen LogP contribution in [0.5, 0.6) is 0 Å². The molecule has 0 bridgehead atoms. The van der Waals surface area contributed by atoms with Crippen LogP contribution in [0.15, 0.2) is 24.5 Å². The van der Waals surface area contributed by atoms with Gasteiger partial charge in [-0.05, 0) is 49.1 Å². The van der Waals surface area contributed by atoms with E-state index in [1.165, 1.54) is 12.0 Å². The first-order chi connectivity index (χ1) is 18.1. The number of aliphatic carboxylic acids is 2. The van der Waals surface area contributed by atoms with Crippen LogP contribution in [0.1, 0.15) is 37.7 Å². The van der Waals surface area contributed by atoms with Crippen LogP contribution in [-0.4, -0.2) is 94.6 Å². The molecule has 2 aliphatic heterocycles. The Labute approximate surface area is 220 Å². The topological polar surface area (TPSA) is 120 Å². The molecule has 1 saturated carbocycles. The number of carboxylic acids is 2. The first kappa shape index (κ1) is 32.3. The summed E-state index contributed by atoms with van der Waals surface area (Å²) in [5.41, 5.74) is 1.62. The summed E-state index contributed by atoms with van der Waals surface area (Å²) in [6.07, 6.45) is -0.707. The number of hydrogen-bond donors (Lipinski definition) is 2. The number of carboxylic acid groups (broad SMARTS) is 2. The van der Waals surface area contributed by atoms with Crippen molar-refractivity contribution in [1.82, 2.24) is 14.8 Å². The number of hydrogen-bond acceptors (Lipinski definition) is 6. The monoisotopic (exact) mass is 571 g/mol. The van der Waals surface area contributed by atoms with Crippen molar-refractivity contribution in [3.05, 3.63) is 30.1 Å². The molecule has 3 heterocycles. The Morgan fingerprint density at radius 1 is 1.05 bits per heavy atom. The Kier molecular flexibility index (Phi) is 11.1. The second-order valence-electron chi connectivity index (χ2n) is 9.78. The number of nitrogens with zero attached hydrogens (tertiary/aromatic N) is 3. The number of pyridine rings is 1. The van der Waals surface area contributed by atoms with E-state index >= 15 is 0 Å². The minimum absolute atomic E-state index is 0.348. The molecule has 1 aromatic heterocycles. The summed E-state index contributed by atoms with van der Waals surface area (Å²) in [4.78, 5) is 39.1. The number of likely N-dealkylation sites (tertiary alicyclic amines) is 2. The molecule has 0 aromatic carbocycles. The smallest absolute Gasteiger partial charge is 0.475 e. The second kappa shape index (κ2) is 13.4. The van der Waals surface area contributed by atoms with Crippen molar-refractivity contribution in [2.45, 2.75) is 57.0 Å². The summed E-state index contributed by atoms with van der Waals surface area (Å²) in [6.45, 7) is 4.72. The summed E-state index contributed by atoms with van der Waals surface area (Å²) in [7, 11) is 1.80. The molecule has 3 aliphatic rings. The minimum Gasteiger partial charge on any atom is -0.475 e. The maximum Gasteiger partial charge on any atom is 0.490 e. The zero-order valence-corrected chi connectivity index (χ0v) is 21.2. The van der Waals surface area contributed by atoms with Crippen molar-refractivity contribution in [3.63, 3.8) is 0 Å². The third-order valence-corrected chi connectivity index (χ3v) is 6.74. The Morgan fingerprint density at radius 3 is 2.00 bits per heavy atom. The molecule has 15 heteroatoms. The molecule has 1 aliphatic carbocycles. The zero-order valence-electron chi connectivity index (χ0n) is 21.2. The highest BCUT2D eigenvalue weighted by atomic mass is 19.4. The molecule has 2 saturated heterocycles. The molecular weight excluding hydrogens is 540 g/mol. The van der Waals surface area contributed by atoms with Gasteiger partial charge in [0.15, 0.2) is 0 Å². The van der Waals surface area contributed by atoms with Crippen molar-refractivity contribution in [1.29, 1.82) is 0 Å². The molecule has 9 nitrogen and oxygen atoms in total. The van der Waals surface area contributed by atoms with Crippen molar-refractivity contribution in [3.8, 4) is 0 Å². The van der Waals surface area contributed by atoms with Gasteiger partial charge in [0.2, 0.25) is 5.91 Å². The molecule has 1 aromatic rings. The molecule has 1 spiro atoms. The summed E-state index contributed by atoms with van der Waals surface area (Å²) in [5, 5.41) is 14.2. The van der Waals surface area contributed by atoms with Gasteiger partial charge >= 0.3 is 24.3 Å². The predicted molar refractivity (Wildman–Crippen MR) is 123 cm³/mol. The molecule has 220 valence electrons. The lowest BCUT2D eigenvalue weighted by Gasteiger charge is -2.39. The van der Waals surface area contributed by atoms with Crippen molar-refractivity contribution in [2.24, 2.45) is 11.3 Å². The number of carbonyl (C=O) groups excluding carboxylic acids is 1. The van der Waals surface area contributed by atoms with E-state index in [4.69, 9.17) is 24.5 Å². The maximum absolute atomic E-state index is 12.3. The normalized spacial score (nSPS) is 20.9. The van der Waals surface area contributed by atoms with E-state index in [9.17, 15) is 31.1 Å². The maximum atomic E-state index is 12.3. The standard InChI is InChI=1S/C20H29N3O2.2C2HF3O2/c1-25-14-18-11-20(15-23(18)13-16-3-2-8-21-12-16)6-9-22(10-7-20)19(24)17-4-5-17;2*3-2(4,5)1(6)7/h2-3,8,12,17-18H,4-7,9-11,13-15H2,1H3;2*(H,6,7). The highest BCUT2D eigenvalue weighted by molar-refractivity contribution is 5.81. The van der Waals surface area contributed by atoms with Crippen LogP contribution in [0, 0.1) is 11.3 Å². The van der Waals surface area contributed by atoms with E-state index in [1.807, 2.05) is 18.5 Å². The number of halogens is 6. The lowest BCUT2D eigenvalue weighted by Crippen LogP contribution is -2.44. The summed E-state index contributed by atoms with van der Waals surface area (Å²) in [5.74, 6) is -4.76. The van der Waals surface area contributed by atoms with Gasteiger partial charge in [0.1, 0.15) is 0 Å². The van der Waals surface area contributed by atoms with Crippen LogP contribution in [-0.2, 0) is 25.7 Å². The molecule has 1 amide bonds. The number of ether oxygens (including phenoxy) is 1. The number of aromatic nitrogens is 1. The largest absolute Gasteiger partial charge is 0.490 e. The average molecular weight is 572 g/mol. The fourth-order valence-electron chi connectivity index (χ4n) is 4.67. The highest BCUT2D eigenvalue weighted by Gasteiger charge is 2.47. The number of rotatable bonds is 5. The van der Waals surface area contributed by atoms with E-state index in [2.05, 4.69) is 20.9 Å². The number of carbonyl (C=O) groups is 3. The number of piperidine rings is 1. The summed E-state index contributed by atoms with van der Waals surface area (Å²) in [6, 6.07) is 4.63. The van der Waals surface area contributed by atoms with Gasteiger partial charge in [0, 0.05) is 57.6 Å². The van der Waals surface area contributed by atoms with Gasteiger partial charge in [-0.3, -0.25) is 14.7 Å². The molecule has 39 heavy (non-hydrogen) atoms. The third kappa shape index (κ3) is 10.3. The predicted octanol–water partition coefficient (Wildman–Crippen LogP) is 3.59. The van der Waals surface area contributed by atoms with Crippen LogP contribution in [0.25, 0.3) is 0 Å². The van der Waals surface area contributed by atoms with E-state index in [0.29, 0.717) is 23.3 Å². The summed E-state index contributed by atoms with van der Waals surface area (Å²) >= 11 is 0. The Balaban J connectivity index is 0.000000317. The van der Waals surface area contributed by atoms with Crippen molar-refractivity contribution in [2.75, 3.05) is 33.4 Å². The zero-order chi connectivity index (χ0) is 29.4. The highest BCUT2D eigenvalue weighted by Crippen LogP contribution is 2.44. The fraction of sp³-hybridized carbons (Fsp3) is 0.667. The first-order valence-electron chi connectivity index (χ1n) is 12.1. The second-order valence-corrected chi connectivity index (χ2v) is 9.78. The van der Waals surface area contributed by atoms with Crippen molar-refractivity contribution < 1.29 is 55.7 Å². The average Bonchev–Trinajstić information content (AvgIpc) is 3.65. The van der Waals surface area contributed by atoms with E-state index in [1.54, 1.807) is 7.11 Å². The van der Waals surface area contributed by atoms with Gasteiger partial charge < -0.3 is 19.8 Å². The van der Waals surface area contributed by atoms with E-state index < -0.39 is 24.3 Å². The first-order valence-corrected chi connectivity index (χ1v) is 12.1. The van der Waals surface area contributed by atoms with Crippen molar-refractivity contribution >= 4 is 17.8 Å². The molecule has 3 fully saturated rings. The van der Waals surface area contributed by atoms with Crippen LogP contribution >= 0.6 is 0 Å². The van der Waals surface area contributed by atoms with Gasteiger partial charge in [-0.2, -0.15) is 26.3 Å². The minimum atomic E-state index is -5.08. The van der Waals surface area contributed by atoms with E-state index in [-0.39, 0.29) is 0 Å². The molecule has 1 unspecified atom stereocenters. The lowest BCUT2D eigenvalue weighted by molar-refractivity contribution is -0.193. The fourth-order valence-corrected chi connectivity index (χ4v) is 4.67. The number of amides is 1. The molecular formula is C24H31F6N3O6.